The molecule has 3 aromatic rings. The molecule has 182 valence electrons. The molecule has 0 radical (unpaired) electrons. The average Bonchev–Trinajstić information content (AvgIpc) is 3.58. The van der Waals surface area contributed by atoms with Gasteiger partial charge in [0.25, 0.3) is 0 Å². The highest BCUT2D eigenvalue weighted by Crippen LogP contribution is 2.29. The van der Waals surface area contributed by atoms with Crippen LogP contribution < -0.4 is 9.47 Å². The second-order valence-corrected chi connectivity index (χ2v) is 9.38. The molecule has 0 bridgehead atoms. The molecule has 1 fully saturated rings. The first-order valence-corrected chi connectivity index (χ1v) is 12.7. The van der Waals surface area contributed by atoms with Gasteiger partial charge in [-0.2, -0.15) is 0 Å². The van der Waals surface area contributed by atoms with E-state index in [-0.39, 0.29) is 0 Å². The molecule has 0 amide bonds. The smallest absolute Gasteiger partial charge is 0.161 e. The fourth-order valence-corrected chi connectivity index (χ4v) is 4.85. The van der Waals surface area contributed by atoms with Crippen molar-refractivity contribution in [3.05, 3.63) is 82.4 Å². The third-order valence-corrected chi connectivity index (χ3v) is 6.80. The maximum Gasteiger partial charge on any atom is 0.161 e. The zero-order chi connectivity index (χ0) is 23.9. The number of fused-ring (bicyclic) bond motifs is 1. The zero-order valence-corrected chi connectivity index (χ0v) is 20.6. The van der Waals surface area contributed by atoms with Crippen molar-refractivity contribution in [3.63, 3.8) is 0 Å². The van der Waals surface area contributed by atoms with E-state index in [9.17, 15) is 0 Å². The lowest BCUT2D eigenvalue weighted by Gasteiger charge is -2.16. The Balaban J connectivity index is 1.18. The topological polar surface area (TPSA) is 59.8 Å². The molecule has 2 aliphatic heterocycles. The van der Waals surface area contributed by atoms with Crippen LogP contribution in [-0.2, 0) is 25.8 Å². The average molecular weight is 471 g/mol. The number of benzene rings is 2. The largest absolute Gasteiger partial charge is 0.493 e. The summed E-state index contributed by atoms with van der Waals surface area (Å²) in [4.78, 5) is 16.2. The van der Waals surface area contributed by atoms with Crippen molar-refractivity contribution >= 4 is 6.21 Å². The predicted molar refractivity (Wildman–Crippen MR) is 139 cm³/mol. The van der Waals surface area contributed by atoms with E-state index in [1.165, 1.54) is 42.6 Å². The summed E-state index contributed by atoms with van der Waals surface area (Å²) in [5.41, 5.74) is 6.07. The molecule has 0 spiro atoms. The van der Waals surface area contributed by atoms with Gasteiger partial charge in [-0.15, -0.1) is 0 Å². The molecule has 5 rings (SSSR count). The molecule has 0 N–H and O–H groups in total. The van der Waals surface area contributed by atoms with Crippen molar-refractivity contribution < 1.29 is 9.47 Å². The van der Waals surface area contributed by atoms with Gasteiger partial charge >= 0.3 is 0 Å². The molecular formula is C29H34N4O2. The number of rotatable bonds is 11. The lowest BCUT2D eigenvalue weighted by Crippen LogP contribution is -2.21. The van der Waals surface area contributed by atoms with Gasteiger partial charge in [0.2, 0.25) is 0 Å². The summed E-state index contributed by atoms with van der Waals surface area (Å²) in [6, 6.07) is 14.8. The number of aromatic nitrogens is 2. The van der Waals surface area contributed by atoms with E-state index >= 15 is 0 Å². The summed E-state index contributed by atoms with van der Waals surface area (Å²) in [6.07, 6.45) is 10.0. The van der Waals surface area contributed by atoms with Crippen LogP contribution in [0.15, 0.2) is 53.7 Å². The summed E-state index contributed by atoms with van der Waals surface area (Å²) in [6.45, 7) is 5.04. The van der Waals surface area contributed by atoms with E-state index in [1.807, 2.05) is 24.5 Å². The predicted octanol–water partition coefficient (Wildman–Crippen LogP) is 4.66. The van der Waals surface area contributed by atoms with Crippen LogP contribution in [0, 0.1) is 0 Å². The minimum Gasteiger partial charge on any atom is -0.493 e. The molecule has 0 unspecified atom stereocenters. The van der Waals surface area contributed by atoms with Crippen LogP contribution in [-0.4, -0.2) is 54.4 Å². The van der Waals surface area contributed by atoms with Crippen molar-refractivity contribution in [3.8, 4) is 11.5 Å². The Morgan fingerprint density at radius 3 is 2.71 bits per heavy atom. The maximum atomic E-state index is 6.11. The Labute approximate surface area is 208 Å². The van der Waals surface area contributed by atoms with Crippen LogP contribution in [0.5, 0.6) is 11.5 Å². The number of hydrogen-bond donors (Lipinski definition) is 0. The van der Waals surface area contributed by atoms with E-state index in [1.54, 1.807) is 7.11 Å². The Morgan fingerprint density at radius 2 is 1.83 bits per heavy atom. The molecule has 1 saturated heterocycles. The second kappa shape index (κ2) is 11.5. The number of ether oxygens (including phenoxy) is 2. The SMILES string of the molecule is COc1ccc(Cc2nccc(CCc3ccc4c(c3)C=NC4)n2)cc1OCCCN1CCCC1. The molecule has 0 saturated carbocycles. The number of methoxy groups -OCH3 is 1. The van der Waals surface area contributed by atoms with Gasteiger partial charge in [0.15, 0.2) is 11.5 Å². The summed E-state index contributed by atoms with van der Waals surface area (Å²) < 4.78 is 11.6. The molecule has 0 aliphatic carbocycles. The number of likely N-dealkylation sites (tertiary alicyclic amines) is 1. The molecule has 6 heteroatoms. The molecule has 2 aromatic carbocycles. The van der Waals surface area contributed by atoms with Crippen LogP contribution in [0.3, 0.4) is 0 Å². The number of aryl methyl sites for hydroxylation is 2. The van der Waals surface area contributed by atoms with E-state index in [0.717, 1.165) is 60.9 Å². The zero-order valence-electron chi connectivity index (χ0n) is 20.6. The molecule has 35 heavy (non-hydrogen) atoms. The lowest BCUT2D eigenvalue weighted by molar-refractivity contribution is 0.254. The summed E-state index contributed by atoms with van der Waals surface area (Å²) in [5, 5.41) is 0. The Hall–Kier alpha value is -3.25. The van der Waals surface area contributed by atoms with Crippen molar-refractivity contribution in [2.24, 2.45) is 4.99 Å². The van der Waals surface area contributed by atoms with Gasteiger partial charge in [-0.25, -0.2) is 9.97 Å². The van der Waals surface area contributed by atoms with E-state index < -0.39 is 0 Å². The van der Waals surface area contributed by atoms with Gasteiger partial charge in [0.05, 0.1) is 20.3 Å². The van der Waals surface area contributed by atoms with Gasteiger partial charge < -0.3 is 14.4 Å². The van der Waals surface area contributed by atoms with E-state index in [2.05, 4.69) is 45.2 Å². The Morgan fingerprint density at radius 1 is 0.943 bits per heavy atom. The molecule has 2 aliphatic rings. The van der Waals surface area contributed by atoms with Crippen molar-refractivity contribution in [2.45, 2.75) is 45.1 Å². The summed E-state index contributed by atoms with van der Waals surface area (Å²) >= 11 is 0. The van der Waals surface area contributed by atoms with Gasteiger partial charge in [0, 0.05) is 31.1 Å². The molecule has 1 aromatic heterocycles. The minimum absolute atomic E-state index is 0.664. The highest BCUT2D eigenvalue weighted by Gasteiger charge is 2.12. The van der Waals surface area contributed by atoms with Crippen LogP contribution in [0.25, 0.3) is 0 Å². The fraction of sp³-hybridized carbons (Fsp3) is 0.414. The van der Waals surface area contributed by atoms with Crippen LogP contribution in [0.2, 0.25) is 0 Å². The van der Waals surface area contributed by atoms with Crippen LogP contribution >= 0.6 is 0 Å². The first kappa shape index (κ1) is 23.5. The number of nitrogens with zero attached hydrogens (tertiary/aromatic N) is 4. The highest BCUT2D eigenvalue weighted by atomic mass is 16.5. The van der Waals surface area contributed by atoms with Gasteiger partial charge in [-0.1, -0.05) is 18.2 Å². The maximum absolute atomic E-state index is 6.11. The van der Waals surface area contributed by atoms with E-state index in [4.69, 9.17) is 14.5 Å². The van der Waals surface area contributed by atoms with Gasteiger partial charge in [0.1, 0.15) is 5.82 Å². The van der Waals surface area contributed by atoms with Crippen LogP contribution in [0.4, 0.5) is 0 Å². The number of aliphatic imine (C=N–C) groups is 1. The lowest BCUT2D eigenvalue weighted by atomic mass is 10.0. The van der Waals surface area contributed by atoms with Crippen molar-refractivity contribution in [2.75, 3.05) is 33.4 Å². The molecule has 6 nitrogen and oxygen atoms in total. The molecule has 3 heterocycles. The normalized spacial score (nSPS) is 14.9. The monoisotopic (exact) mass is 470 g/mol. The van der Waals surface area contributed by atoms with Crippen LogP contribution in [0.1, 0.15) is 53.0 Å². The first-order valence-electron chi connectivity index (χ1n) is 12.7. The highest BCUT2D eigenvalue weighted by molar-refractivity contribution is 5.84. The summed E-state index contributed by atoms with van der Waals surface area (Å²) in [7, 11) is 1.69. The quantitative estimate of drug-likeness (QED) is 0.382. The Bertz CT molecular complexity index is 1170. The number of hydrogen-bond acceptors (Lipinski definition) is 6. The third kappa shape index (κ3) is 6.25. The third-order valence-electron chi connectivity index (χ3n) is 6.80. The molecule has 0 atom stereocenters. The van der Waals surface area contributed by atoms with Gasteiger partial charge in [-0.05, 0) is 91.7 Å². The van der Waals surface area contributed by atoms with Crippen molar-refractivity contribution in [1.82, 2.24) is 14.9 Å². The first-order chi connectivity index (χ1) is 17.3. The minimum atomic E-state index is 0.664. The fourth-order valence-electron chi connectivity index (χ4n) is 4.85. The summed E-state index contributed by atoms with van der Waals surface area (Å²) in [5.74, 6) is 2.39. The van der Waals surface area contributed by atoms with Crippen molar-refractivity contribution in [1.29, 1.82) is 0 Å². The second-order valence-electron chi connectivity index (χ2n) is 9.38. The van der Waals surface area contributed by atoms with E-state index in [0.29, 0.717) is 13.0 Å². The molecular weight excluding hydrogens is 436 g/mol. The Kier molecular flexibility index (Phi) is 7.69. The van der Waals surface area contributed by atoms with Gasteiger partial charge in [-0.3, -0.25) is 4.99 Å². The standard InChI is InChI=1S/C29H34N4O2/c1-34-27-10-7-23(18-28(27)35-16-4-15-33-13-2-3-14-33)19-29-31-12-11-26(32-29)9-6-22-5-8-24-20-30-21-25(24)17-22/h5,7-8,10-12,17-18,21H,2-4,6,9,13-16,19-20H2,1H3.